The third kappa shape index (κ3) is 2.05. The molecule has 1 fully saturated rings. The standard InChI is InChI=1S/C12H25NO2/c1-6-9(7-13)12(14)8-10(2,3)15-11(12,4)5/h9,14H,6-8,13H2,1-5H3. The molecule has 2 atom stereocenters. The minimum atomic E-state index is -0.806. The van der Waals surface area contributed by atoms with Gasteiger partial charge in [-0.15, -0.1) is 0 Å². The second kappa shape index (κ2) is 3.72. The van der Waals surface area contributed by atoms with Crippen molar-refractivity contribution in [2.75, 3.05) is 6.54 Å². The number of rotatable bonds is 3. The van der Waals surface area contributed by atoms with Crippen LogP contribution in [0.4, 0.5) is 0 Å². The third-order valence-electron chi connectivity index (χ3n) is 3.72. The van der Waals surface area contributed by atoms with E-state index in [1.54, 1.807) is 0 Å². The summed E-state index contributed by atoms with van der Waals surface area (Å²) in [5.41, 5.74) is 4.16. The second-order valence-corrected chi connectivity index (χ2v) is 5.81. The molecule has 2 unspecified atom stereocenters. The van der Waals surface area contributed by atoms with Gasteiger partial charge in [-0.3, -0.25) is 0 Å². The Hall–Kier alpha value is -0.120. The minimum absolute atomic E-state index is 0.106. The Morgan fingerprint density at radius 3 is 2.13 bits per heavy atom. The topological polar surface area (TPSA) is 55.5 Å². The zero-order chi connectivity index (χ0) is 11.9. The van der Waals surface area contributed by atoms with Crippen LogP contribution in [-0.2, 0) is 4.74 Å². The molecule has 3 heteroatoms. The molecule has 0 aromatic carbocycles. The summed E-state index contributed by atoms with van der Waals surface area (Å²) in [5.74, 6) is 0.106. The molecule has 3 N–H and O–H groups in total. The van der Waals surface area contributed by atoms with Crippen LogP contribution in [0.1, 0.15) is 47.5 Å². The Morgan fingerprint density at radius 1 is 1.33 bits per heavy atom. The molecule has 0 aromatic rings. The number of aliphatic hydroxyl groups is 1. The fraction of sp³-hybridized carbons (Fsp3) is 1.00. The van der Waals surface area contributed by atoms with Crippen LogP contribution in [0.3, 0.4) is 0 Å². The Kier molecular flexibility index (Phi) is 3.21. The van der Waals surface area contributed by atoms with Gasteiger partial charge in [0, 0.05) is 12.3 Å². The first-order chi connectivity index (χ1) is 6.68. The lowest BCUT2D eigenvalue weighted by molar-refractivity contribution is -0.146. The highest BCUT2D eigenvalue weighted by atomic mass is 16.5. The van der Waals surface area contributed by atoms with Gasteiger partial charge in [-0.25, -0.2) is 0 Å². The minimum Gasteiger partial charge on any atom is -0.386 e. The quantitative estimate of drug-likeness (QED) is 0.753. The number of ether oxygens (including phenoxy) is 1. The van der Waals surface area contributed by atoms with Crippen LogP contribution in [0.2, 0.25) is 0 Å². The highest BCUT2D eigenvalue weighted by molar-refractivity contribution is 5.09. The van der Waals surface area contributed by atoms with E-state index >= 15 is 0 Å². The highest BCUT2D eigenvalue weighted by Gasteiger charge is 2.59. The van der Waals surface area contributed by atoms with Crippen LogP contribution in [0.15, 0.2) is 0 Å². The van der Waals surface area contributed by atoms with Crippen LogP contribution >= 0.6 is 0 Å². The molecule has 3 nitrogen and oxygen atoms in total. The number of hydrogen-bond donors (Lipinski definition) is 2. The van der Waals surface area contributed by atoms with Gasteiger partial charge in [0.25, 0.3) is 0 Å². The maximum Gasteiger partial charge on any atom is 0.0997 e. The number of nitrogens with two attached hydrogens (primary N) is 1. The van der Waals surface area contributed by atoms with E-state index in [0.717, 1.165) is 6.42 Å². The largest absolute Gasteiger partial charge is 0.386 e. The van der Waals surface area contributed by atoms with Crippen LogP contribution in [0, 0.1) is 5.92 Å². The van der Waals surface area contributed by atoms with Gasteiger partial charge in [-0.1, -0.05) is 6.92 Å². The Bertz CT molecular complexity index is 234. The molecule has 0 aliphatic carbocycles. The first-order valence-corrected chi connectivity index (χ1v) is 5.81. The van der Waals surface area contributed by atoms with E-state index in [-0.39, 0.29) is 11.5 Å². The first kappa shape index (κ1) is 12.9. The van der Waals surface area contributed by atoms with Gasteiger partial charge < -0.3 is 15.6 Å². The second-order valence-electron chi connectivity index (χ2n) is 5.81. The summed E-state index contributed by atoms with van der Waals surface area (Å²) in [4.78, 5) is 0. The van der Waals surface area contributed by atoms with Gasteiger partial charge in [-0.2, -0.15) is 0 Å². The predicted molar refractivity (Wildman–Crippen MR) is 61.6 cm³/mol. The molecule has 1 heterocycles. The van der Waals surface area contributed by atoms with E-state index in [4.69, 9.17) is 10.5 Å². The van der Waals surface area contributed by atoms with Crippen molar-refractivity contribution >= 4 is 0 Å². The van der Waals surface area contributed by atoms with Gasteiger partial charge in [0.15, 0.2) is 0 Å². The fourth-order valence-corrected chi connectivity index (χ4v) is 3.01. The zero-order valence-electron chi connectivity index (χ0n) is 10.6. The molecule has 1 rings (SSSR count). The molecule has 1 aliphatic rings. The Morgan fingerprint density at radius 2 is 1.87 bits per heavy atom. The summed E-state index contributed by atoms with van der Waals surface area (Å²) >= 11 is 0. The van der Waals surface area contributed by atoms with Crippen molar-refractivity contribution in [3.63, 3.8) is 0 Å². The van der Waals surface area contributed by atoms with Crippen molar-refractivity contribution < 1.29 is 9.84 Å². The summed E-state index contributed by atoms with van der Waals surface area (Å²) < 4.78 is 5.93. The van der Waals surface area contributed by atoms with Gasteiger partial charge in [0.1, 0.15) is 0 Å². The molecule has 0 aromatic heterocycles. The molecule has 0 radical (unpaired) electrons. The normalized spacial score (nSPS) is 35.4. The van der Waals surface area contributed by atoms with Gasteiger partial charge in [0.05, 0.1) is 16.8 Å². The average Bonchev–Trinajstić information content (AvgIpc) is 2.18. The lowest BCUT2D eigenvalue weighted by atomic mass is 9.72. The molecule has 15 heavy (non-hydrogen) atoms. The lowest BCUT2D eigenvalue weighted by Gasteiger charge is -2.40. The molecular formula is C12H25NO2. The molecular weight excluding hydrogens is 190 g/mol. The van der Waals surface area contributed by atoms with Gasteiger partial charge in [0.2, 0.25) is 0 Å². The van der Waals surface area contributed by atoms with Crippen molar-refractivity contribution in [2.24, 2.45) is 11.7 Å². The molecule has 90 valence electrons. The molecule has 0 amide bonds. The van der Waals surface area contributed by atoms with Crippen molar-refractivity contribution in [2.45, 2.75) is 64.3 Å². The van der Waals surface area contributed by atoms with Crippen molar-refractivity contribution in [1.82, 2.24) is 0 Å². The summed E-state index contributed by atoms with van der Waals surface area (Å²) in [6, 6.07) is 0. The van der Waals surface area contributed by atoms with Crippen molar-refractivity contribution in [3.8, 4) is 0 Å². The summed E-state index contributed by atoms with van der Waals surface area (Å²) in [6.45, 7) is 10.5. The van der Waals surface area contributed by atoms with Crippen LogP contribution < -0.4 is 5.73 Å². The monoisotopic (exact) mass is 215 g/mol. The zero-order valence-corrected chi connectivity index (χ0v) is 10.6. The van der Waals surface area contributed by atoms with Crippen molar-refractivity contribution in [1.29, 1.82) is 0 Å². The van der Waals surface area contributed by atoms with E-state index in [1.807, 2.05) is 27.7 Å². The lowest BCUT2D eigenvalue weighted by Crippen LogP contribution is -2.53. The molecule has 1 saturated heterocycles. The molecule has 1 aliphatic heterocycles. The third-order valence-corrected chi connectivity index (χ3v) is 3.72. The summed E-state index contributed by atoms with van der Waals surface area (Å²) in [7, 11) is 0. The van der Waals surface area contributed by atoms with E-state index in [0.29, 0.717) is 13.0 Å². The van der Waals surface area contributed by atoms with Gasteiger partial charge in [-0.05, 0) is 40.7 Å². The Balaban J connectivity index is 3.01. The molecule has 0 spiro atoms. The van der Waals surface area contributed by atoms with E-state index in [1.165, 1.54) is 0 Å². The Labute approximate surface area is 93.0 Å². The molecule has 0 bridgehead atoms. The van der Waals surface area contributed by atoms with E-state index in [9.17, 15) is 5.11 Å². The molecule has 0 saturated carbocycles. The van der Waals surface area contributed by atoms with Crippen LogP contribution in [0.5, 0.6) is 0 Å². The highest BCUT2D eigenvalue weighted by Crippen LogP contribution is 2.49. The van der Waals surface area contributed by atoms with E-state index < -0.39 is 11.2 Å². The van der Waals surface area contributed by atoms with Crippen molar-refractivity contribution in [3.05, 3.63) is 0 Å². The summed E-state index contributed by atoms with van der Waals surface area (Å²) in [6.07, 6.45) is 1.54. The number of hydrogen-bond acceptors (Lipinski definition) is 3. The SMILES string of the molecule is CCC(CN)C1(O)CC(C)(C)OC1(C)C. The van der Waals surface area contributed by atoms with Crippen LogP contribution in [-0.4, -0.2) is 28.5 Å². The average molecular weight is 215 g/mol. The van der Waals surface area contributed by atoms with E-state index in [2.05, 4.69) is 6.92 Å². The fourth-order valence-electron chi connectivity index (χ4n) is 3.01. The predicted octanol–water partition coefficient (Wildman–Crippen LogP) is 1.68. The summed E-state index contributed by atoms with van der Waals surface area (Å²) in [5, 5.41) is 10.8. The first-order valence-electron chi connectivity index (χ1n) is 5.81. The van der Waals surface area contributed by atoms with Crippen LogP contribution in [0.25, 0.3) is 0 Å². The van der Waals surface area contributed by atoms with Gasteiger partial charge >= 0.3 is 0 Å². The maximum atomic E-state index is 10.8. The smallest absolute Gasteiger partial charge is 0.0997 e. The maximum absolute atomic E-state index is 10.8.